The van der Waals surface area contributed by atoms with Crippen LogP contribution in [0.25, 0.3) is 0 Å². The molecule has 1 atom stereocenters. The van der Waals surface area contributed by atoms with Crippen LogP contribution in [-0.4, -0.2) is 36.9 Å². The summed E-state index contributed by atoms with van der Waals surface area (Å²) in [5.41, 5.74) is 0.814. The number of nitrogens with one attached hydrogen (secondary N) is 1. The van der Waals surface area contributed by atoms with Gasteiger partial charge in [0, 0.05) is 6.07 Å². The molecule has 0 saturated carbocycles. The van der Waals surface area contributed by atoms with Crippen LogP contribution in [0.4, 0.5) is 10.5 Å². The fourth-order valence-corrected chi connectivity index (χ4v) is 3.16. The Balaban J connectivity index is 1.62. The number of hydrogen-bond donors (Lipinski definition) is 2. The van der Waals surface area contributed by atoms with Crippen LogP contribution in [-0.2, 0) is 16.0 Å². The number of phenols is 1. The summed E-state index contributed by atoms with van der Waals surface area (Å²) in [6, 6.07) is 8.40. The van der Waals surface area contributed by atoms with Crippen LogP contribution >= 0.6 is 0 Å². The first-order valence-electron chi connectivity index (χ1n) is 8.42. The Bertz CT molecular complexity index is 988. The van der Waals surface area contributed by atoms with Gasteiger partial charge in [-0.3, -0.25) is 14.9 Å². The zero-order chi connectivity index (χ0) is 19.8. The third-order valence-electron chi connectivity index (χ3n) is 4.57. The Labute approximate surface area is 159 Å². The van der Waals surface area contributed by atoms with Crippen molar-refractivity contribution < 1.29 is 33.7 Å². The van der Waals surface area contributed by atoms with Gasteiger partial charge in [0.05, 0.1) is 12.8 Å². The highest BCUT2D eigenvalue weighted by Crippen LogP contribution is 2.36. The molecule has 4 amide bonds. The number of imide groups is 2. The maximum atomic E-state index is 12.9. The average Bonchev–Trinajstić information content (AvgIpc) is 3.13. The normalized spacial score (nSPS) is 18.2. The lowest BCUT2D eigenvalue weighted by atomic mass is 9.95. The molecule has 2 heterocycles. The minimum Gasteiger partial charge on any atom is -0.504 e. The number of nitrogens with zero attached hydrogens (tertiary/aromatic N) is 1. The molecule has 0 aliphatic carbocycles. The summed E-state index contributed by atoms with van der Waals surface area (Å²) in [6.07, 6.45) is 0.0105. The number of urea groups is 1. The Morgan fingerprint density at radius 3 is 2.68 bits per heavy atom. The molecule has 9 heteroatoms. The third kappa shape index (κ3) is 2.96. The Morgan fingerprint density at radius 2 is 1.93 bits per heavy atom. The first-order valence-corrected chi connectivity index (χ1v) is 8.42. The number of carbonyl (C=O) groups is 3. The molecule has 28 heavy (non-hydrogen) atoms. The molecular formula is C19H16N2O7. The zero-order valence-electron chi connectivity index (χ0n) is 14.8. The number of amides is 4. The number of anilines is 1. The molecule has 0 spiro atoms. The van der Waals surface area contributed by atoms with Crippen molar-refractivity contribution in [2.45, 2.75) is 6.42 Å². The van der Waals surface area contributed by atoms with E-state index >= 15 is 0 Å². The fourth-order valence-electron chi connectivity index (χ4n) is 3.16. The maximum Gasteiger partial charge on any atom is 0.335 e. The van der Waals surface area contributed by atoms with E-state index in [1.807, 2.05) is 0 Å². The Kier molecular flexibility index (Phi) is 4.26. The minimum atomic E-state index is -1.13. The number of benzene rings is 2. The van der Waals surface area contributed by atoms with E-state index in [9.17, 15) is 19.5 Å². The van der Waals surface area contributed by atoms with Crippen LogP contribution in [0.3, 0.4) is 0 Å². The highest BCUT2D eigenvalue weighted by molar-refractivity contribution is 6.27. The largest absolute Gasteiger partial charge is 0.504 e. The molecule has 2 N–H and O–H groups in total. The number of ether oxygens (including phenoxy) is 3. The molecule has 4 rings (SSSR count). The van der Waals surface area contributed by atoms with Crippen molar-refractivity contribution in [3.8, 4) is 23.0 Å². The number of hydrogen-bond acceptors (Lipinski definition) is 7. The van der Waals surface area contributed by atoms with E-state index in [-0.39, 0.29) is 30.4 Å². The van der Waals surface area contributed by atoms with E-state index in [0.717, 1.165) is 4.90 Å². The number of phenolic OH excluding ortho intramolecular Hbond substituents is 1. The molecule has 0 bridgehead atoms. The quantitative estimate of drug-likeness (QED) is 0.769. The van der Waals surface area contributed by atoms with Gasteiger partial charge >= 0.3 is 6.03 Å². The maximum absolute atomic E-state index is 12.9. The Morgan fingerprint density at radius 1 is 1.14 bits per heavy atom. The number of carbonyl (C=O) groups excluding carboxylic acids is 3. The fraction of sp³-hybridized carbons (Fsp3) is 0.211. The summed E-state index contributed by atoms with van der Waals surface area (Å²) < 4.78 is 15.5. The smallest absolute Gasteiger partial charge is 0.335 e. The molecule has 2 aromatic rings. The molecule has 1 unspecified atom stereocenters. The topological polar surface area (TPSA) is 114 Å². The number of fused-ring (bicyclic) bond motifs is 1. The molecule has 1 saturated heterocycles. The van der Waals surface area contributed by atoms with Crippen molar-refractivity contribution in [2.75, 3.05) is 18.8 Å². The first-order chi connectivity index (χ1) is 13.5. The summed E-state index contributed by atoms with van der Waals surface area (Å²) in [7, 11) is 1.42. The monoisotopic (exact) mass is 384 g/mol. The second-order valence-corrected chi connectivity index (χ2v) is 6.27. The predicted molar refractivity (Wildman–Crippen MR) is 95.4 cm³/mol. The van der Waals surface area contributed by atoms with Crippen LogP contribution in [0, 0.1) is 5.92 Å². The molecule has 2 aliphatic rings. The van der Waals surface area contributed by atoms with E-state index in [2.05, 4.69) is 5.32 Å². The van der Waals surface area contributed by atoms with Gasteiger partial charge in [-0.25, -0.2) is 9.69 Å². The van der Waals surface area contributed by atoms with Crippen molar-refractivity contribution in [2.24, 2.45) is 5.92 Å². The van der Waals surface area contributed by atoms with Gasteiger partial charge in [0.1, 0.15) is 5.92 Å². The van der Waals surface area contributed by atoms with E-state index < -0.39 is 23.8 Å². The van der Waals surface area contributed by atoms with Gasteiger partial charge in [-0.15, -0.1) is 0 Å². The van der Waals surface area contributed by atoms with Crippen molar-refractivity contribution in [3.05, 3.63) is 42.0 Å². The van der Waals surface area contributed by atoms with E-state index in [1.54, 1.807) is 12.1 Å². The summed E-state index contributed by atoms with van der Waals surface area (Å²) in [5.74, 6) is -1.39. The Hall–Kier alpha value is -3.75. The standard InChI is InChI=1S/C19H16N2O7/c1-26-14-4-2-10(7-13(14)22)6-12-17(23)20-19(25)21(18(12)24)11-3-5-15-16(8-11)28-9-27-15/h2-5,7-8,12,22H,6,9H2,1H3,(H,20,23,25). The summed E-state index contributed by atoms with van der Waals surface area (Å²) in [6.45, 7) is 0.0566. The van der Waals surface area contributed by atoms with Crippen LogP contribution in [0.1, 0.15) is 5.56 Å². The molecule has 0 aromatic heterocycles. The molecule has 2 aromatic carbocycles. The van der Waals surface area contributed by atoms with Gasteiger partial charge in [-0.05, 0) is 36.2 Å². The number of rotatable bonds is 4. The van der Waals surface area contributed by atoms with Gasteiger partial charge in [0.15, 0.2) is 23.0 Å². The highest BCUT2D eigenvalue weighted by Gasteiger charge is 2.41. The van der Waals surface area contributed by atoms with Crippen molar-refractivity contribution >= 4 is 23.5 Å². The van der Waals surface area contributed by atoms with Gasteiger partial charge in [-0.1, -0.05) is 6.07 Å². The molecule has 1 fully saturated rings. The average molecular weight is 384 g/mol. The SMILES string of the molecule is COc1ccc(CC2C(=O)NC(=O)N(c3ccc4c(c3)OCO4)C2=O)cc1O. The lowest BCUT2D eigenvalue weighted by Gasteiger charge is -2.30. The third-order valence-corrected chi connectivity index (χ3v) is 4.57. The number of aromatic hydroxyl groups is 1. The molecular weight excluding hydrogens is 368 g/mol. The molecule has 2 aliphatic heterocycles. The number of barbiturate groups is 1. The molecule has 9 nitrogen and oxygen atoms in total. The van der Waals surface area contributed by atoms with Crippen LogP contribution < -0.4 is 24.4 Å². The van der Waals surface area contributed by atoms with Gasteiger partial charge in [0.2, 0.25) is 18.6 Å². The zero-order valence-corrected chi connectivity index (χ0v) is 14.8. The lowest BCUT2D eigenvalue weighted by molar-refractivity contribution is -0.134. The summed E-state index contributed by atoms with van der Waals surface area (Å²) >= 11 is 0. The van der Waals surface area contributed by atoms with Crippen molar-refractivity contribution in [3.63, 3.8) is 0 Å². The van der Waals surface area contributed by atoms with Crippen LogP contribution in [0.15, 0.2) is 36.4 Å². The first kappa shape index (κ1) is 17.7. The lowest BCUT2D eigenvalue weighted by Crippen LogP contribution is -2.58. The van der Waals surface area contributed by atoms with E-state index in [1.165, 1.54) is 31.4 Å². The minimum absolute atomic E-state index is 0.0105. The highest BCUT2D eigenvalue weighted by atomic mass is 16.7. The second kappa shape index (κ2) is 6.76. The van der Waals surface area contributed by atoms with Crippen LogP contribution in [0.2, 0.25) is 0 Å². The summed E-state index contributed by atoms with van der Waals surface area (Å²) in [4.78, 5) is 38.4. The van der Waals surface area contributed by atoms with Crippen molar-refractivity contribution in [1.29, 1.82) is 0 Å². The van der Waals surface area contributed by atoms with Crippen molar-refractivity contribution in [1.82, 2.24) is 5.32 Å². The van der Waals surface area contributed by atoms with Gasteiger partial charge in [0.25, 0.3) is 0 Å². The van der Waals surface area contributed by atoms with E-state index in [0.29, 0.717) is 17.1 Å². The molecule has 0 radical (unpaired) electrons. The van der Waals surface area contributed by atoms with E-state index in [4.69, 9.17) is 14.2 Å². The predicted octanol–water partition coefficient (Wildman–Crippen LogP) is 1.57. The second-order valence-electron chi connectivity index (χ2n) is 6.27. The van der Waals surface area contributed by atoms with Gasteiger partial charge in [-0.2, -0.15) is 0 Å². The number of methoxy groups -OCH3 is 1. The molecule has 144 valence electrons. The van der Waals surface area contributed by atoms with Gasteiger partial charge < -0.3 is 19.3 Å². The summed E-state index contributed by atoms with van der Waals surface area (Å²) in [5, 5.41) is 12.1. The van der Waals surface area contributed by atoms with Crippen LogP contribution in [0.5, 0.6) is 23.0 Å².